The summed E-state index contributed by atoms with van der Waals surface area (Å²) in [5.41, 5.74) is 7.36. The Morgan fingerprint density at radius 2 is 0.929 bits per heavy atom. The lowest BCUT2D eigenvalue weighted by molar-refractivity contribution is 1.19. The molecule has 0 saturated heterocycles. The molecule has 0 aliphatic heterocycles. The molecule has 0 fully saturated rings. The van der Waals surface area contributed by atoms with Crippen molar-refractivity contribution in [3.63, 3.8) is 0 Å². The van der Waals surface area contributed by atoms with E-state index in [2.05, 4.69) is 133 Å². The summed E-state index contributed by atoms with van der Waals surface area (Å²) in [6, 6.07) is 55.6. The molecule has 0 unspecified atom stereocenters. The maximum atomic E-state index is 5.25. The number of fused-ring (bicyclic) bond motifs is 4. The molecule has 42 heavy (non-hydrogen) atoms. The van der Waals surface area contributed by atoms with E-state index in [-0.39, 0.29) is 0 Å². The zero-order valence-corrected chi connectivity index (χ0v) is 22.9. The number of hydrogen-bond acceptors (Lipinski definition) is 2. The molecular formula is C40H26N2. The molecule has 1 heterocycles. The van der Waals surface area contributed by atoms with E-state index in [1.165, 1.54) is 37.9 Å². The van der Waals surface area contributed by atoms with E-state index < -0.39 is 0 Å². The SMILES string of the molecule is c1ccc(-c2cccc(-c3cc(-c4c5ccccc5cc5c4ccc4ccccc45)nc(-c4ccccc4)n3)c2)cc1. The maximum absolute atomic E-state index is 5.25. The van der Waals surface area contributed by atoms with Crippen molar-refractivity contribution in [2.75, 3.05) is 0 Å². The fourth-order valence-electron chi connectivity index (χ4n) is 6.02. The molecule has 8 rings (SSSR count). The first kappa shape index (κ1) is 24.2. The van der Waals surface area contributed by atoms with Gasteiger partial charge in [0.15, 0.2) is 5.82 Å². The molecular weight excluding hydrogens is 508 g/mol. The van der Waals surface area contributed by atoms with Crippen molar-refractivity contribution in [3.8, 4) is 45.0 Å². The fourth-order valence-corrected chi connectivity index (χ4v) is 6.02. The number of nitrogens with zero attached hydrogens (tertiary/aromatic N) is 2. The zero-order chi connectivity index (χ0) is 27.9. The van der Waals surface area contributed by atoms with Crippen LogP contribution < -0.4 is 0 Å². The summed E-state index contributed by atoms with van der Waals surface area (Å²) in [5, 5.41) is 7.28. The van der Waals surface area contributed by atoms with E-state index >= 15 is 0 Å². The Hall–Kier alpha value is -5.60. The predicted molar refractivity (Wildman–Crippen MR) is 176 cm³/mol. The van der Waals surface area contributed by atoms with Crippen LogP contribution in [0.4, 0.5) is 0 Å². The van der Waals surface area contributed by atoms with Gasteiger partial charge in [0.05, 0.1) is 11.4 Å². The molecule has 7 aromatic carbocycles. The second kappa shape index (κ2) is 10.1. The van der Waals surface area contributed by atoms with Crippen LogP contribution in [0.2, 0.25) is 0 Å². The molecule has 0 aliphatic carbocycles. The van der Waals surface area contributed by atoms with Gasteiger partial charge in [0, 0.05) is 16.7 Å². The van der Waals surface area contributed by atoms with Crippen molar-refractivity contribution in [3.05, 3.63) is 158 Å². The first-order chi connectivity index (χ1) is 20.8. The highest BCUT2D eigenvalue weighted by Gasteiger charge is 2.17. The van der Waals surface area contributed by atoms with Gasteiger partial charge in [0.2, 0.25) is 0 Å². The maximum Gasteiger partial charge on any atom is 0.160 e. The molecule has 0 spiro atoms. The summed E-state index contributed by atoms with van der Waals surface area (Å²) >= 11 is 0. The molecule has 2 heteroatoms. The van der Waals surface area contributed by atoms with Crippen LogP contribution in [0.25, 0.3) is 77.3 Å². The fraction of sp³-hybridized carbons (Fsp3) is 0. The average molecular weight is 535 g/mol. The van der Waals surface area contributed by atoms with Crippen LogP contribution in [-0.4, -0.2) is 9.97 Å². The molecule has 0 saturated carbocycles. The van der Waals surface area contributed by atoms with Crippen LogP contribution in [0, 0.1) is 0 Å². The lowest BCUT2D eigenvalue weighted by Gasteiger charge is -2.15. The minimum Gasteiger partial charge on any atom is -0.228 e. The molecule has 0 aliphatic rings. The lowest BCUT2D eigenvalue weighted by atomic mass is 9.91. The van der Waals surface area contributed by atoms with Gasteiger partial charge in [-0.25, -0.2) is 9.97 Å². The third-order valence-electron chi connectivity index (χ3n) is 8.05. The van der Waals surface area contributed by atoms with Crippen LogP contribution in [0.3, 0.4) is 0 Å². The van der Waals surface area contributed by atoms with Crippen molar-refractivity contribution in [1.29, 1.82) is 0 Å². The first-order valence-electron chi connectivity index (χ1n) is 14.3. The Bertz CT molecular complexity index is 2240. The molecule has 0 bridgehead atoms. The van der Waals surface area contributed by atoms with Crippen molar-refractivity contribution in [2.24, 2.45) is 0 Å². The summed E-state index contributed by atoms with van der Waals surface area (Å²) in [6.45, 7) is 0. The van der Waals surface area contributed by atoms with Crippen molar-refractivity contribution >= 4 is 32.3 Å². The molecule has 8 aromatic rings. The third kappa shape index (κ3) is 4.22. The Kier molecular flexibility index (Phi) is 5.82. The van der Waals surface area contributed by atoms with Crippen molar-refractivity contribution in [2.45, 2.75) is 0 Å². The second-order valence-electron chi connectivity index (χ2n) is 10.6. The second-order valence-corrected chi connectivity index (χ2v) is 10.6. The molecule has 0 atom stereocenters. The monoisotopic (exact) mass is 534 g/mol. The largest absolute Gasteiger partial charge is 0.228 e. The number of benzene rings is 7. The third-order valence-corrected chi connectivity index (χ3v) is 8.05. The van der Waals surface area contributed by atoms with Gasteiger partial charge in [-0.3, -0.25) is 0 Å². The highest BCUT2D eigenvalue weighted by molar-refractivity contribution is 6.19. The molecule has 1 aromatic heterocycles. The highest BCUT2D eigenvalue weighted by atomic mass is 14.9. The quantitative estimate of drug-likeness (QED) is 0.166. The van der Waals surface area contributed by atoms with E-state index in [0.29, 0.717) is 0 Å². The van der Waals surface area contributed by atoms with Gasteiger partial charge in [-0.15, -0.1) is 0 Å². The van der Waals surface area contributed by atoms with Gasteiger partial charge in [-0.05, 0) is 61.6 Å². The van der Waals surface area contributed by atoms with Crippen LogP contribution in [0.1, 0.15) is 0 Å². The number of rotatable bonds is 4. The minimum atomic E-state index is 0.718. The Morgan fingerprint density at radius 3 is 1.74 bits per heavy atom. The zero-order valence-electron chi connectivity index (χ0n) is 22.9. The molecule has 0 N–H and O–H groups in total. The van der Waals surface area contributed by atoms with Crippen molar-refractivity contribution in [1.82, 2.24) is 9.97 Å². The van der Waals surface area contributed by atoms with E-state index in [9.17, 15) is 0 Å². The summed E-state index contributed by atoms with van der Waals surface area (Å²) < 4.78 is 0. The van der Waals surface area contributed by atoms with Gasteiger partial charge in [-0.2, -0.15) is 0 Å². The van der Waals surface area contributed by atoms with E-state index in [1.807, 2.05) is 24.3 Å². The van der Waals surface area contributed by atoms with Gasteiger partial charge in [0.1, 0.15) is 0 Å². The molecule has 0 amide bonds. The van der Waals surface area contributed by atoms with Gasteiger partial charge in [0.25, 0.3) is 0 Å². The van der Waals surface area contributed by atoms with Gasteiger partial charge in [-0.1, -0.05) is 140 Å². The smallest absolute Gasteiger partial charge is 0.160 e. The van der Waals surface area contributed by atoms with E-state index in [0.717, 1.165) is 39.5 Å². The van der Waals surface area contributed by atoms with Crippen LogP contribution in [0.5, 0.6) is 0 Å². The first-order valence-corrected chi connectivity index (χ1v) is 14.3. The Labute approximate surface area is 244 Å². The topological polar surface area (TPSA) is 25.8 Å². The average Bonchev–Trinajstić information content (AvgIpc) is 3.08. The highest BCUT2D eigenvalue weighted by Crippen LogP contribution is 2.40. The summed E-state index contributed by atoms with van der Waals surface area (Å²) in [7, 11) is 0. The number of aromatic nitrogens is 2. The van der Waals surface area contributed by atoms with Gasteiger partial charge >= 0.3 is 0 Å². The summed E-state index contributed by atoms with van der Waals surface area (Å²) in [5.74, 6) is 0.718. The minimum absolute atomic E-state index is 0.718. The molecule has 0 radical (unpaired) electrons. The van der Waals surface area contributed by atoms with Gasteiger partial charge < -0.3 is 0 Å². The Morgan fingerprint density at radius 1 is 0.310 bits per heavy atom. The molecule has 196 valence electrons. The number of hydrogen-bond donors (Lipinski definition) is 0. The van der Waals surface area contributed by atoms with Crippen LogP contribution in [-0.2, 0) is 0 Å². The standard InChI is InChI=1S/C40H26N2/c1-3-12-27(13-4-1)30-18-11-19-32(24-30)37-26-38(42-40(41-37)29-15-5-2-6-16-29)39-34-21-10-8-17-31(34)25-36-33-20-9-7-14-28(33)22-23-35(36)39/h1-26H. The van der Waals surface area contributed by atoms with E-state index in [1.54, 1.807) is 0 Å². The van der Waals surface area contributed by atoms with Crippen LogP contribution in [0.15, 0.2) is 158 Å². The van der Waals surface area contributed by atoms with E-state index in [4.69, 9.17) is 9.97 Å². The van der Waals surface area contributed by atoms with Crippen molar-refractivity contribution < 1.29 is 0 Å². The predicted octanol–water partition coefficient (Wildman–Crippen LogP) is 10.6. The summed E-state index contributed by atoms with van der Waals surface area (Å²) in [4.78, 5) is 10.4. The Balaban J connectivity index is 1.43. The normalized spacial score (nSPS) is 11.3. The van der Waals surface area contributed by atoms with Crippen LogP contribution >= 0.6 is 0 Å². The lowest BCUT2D eigenvalue weighted by Crippen LogP contribution is -1.97. The molecule has 2 nitrogen and oxygen atoms in total. The summed E-state index contributed by atoms with van der Waals surface area (Å²) in [6.07, 6.45) is 0.